The molecule has 0 aliphatic rings. The van der Waals surface area contributed by atoms with Crippen LogP contribution in [-0.4, -0.2) is 35.9 Å². The predicted octanol–water partition coefficient (Wildman–Crippen LogP) is 3.39. The predicted molar refractivity (Wildman–Crippen MR) is 87.9 cm³/mol. The van der Waals surface area contributed by atoms with Crippen molar-refractivity contribution in [2.24, 2.45) is 0 Å². The van der Waals surface area contributed by atoms with Crippen LogP contribution >= 0.6 is 31.9 Å². The average Bonchev–Trinajstić information content (AvgIpc) is 2.33. The van der Waals surface area contributed by atoms with Crippen molar-refractivity contribution in [2.45, 2.75) is 38.1 Å². The molecule has 0 bridgehead atoms. The van der Waals surface area contributed by atoms with Crippen LogP contribution in [0, 0.1) is 6.92 Å². The summed E-state index contributed by atoms with van der Waals surface area (Å²) in [6.45, 7) is 6.24. The van der Waals surface area contributed by atoms with Crippen LogP contribution in [0.2, 0.25) is 0 Å². The zero-order valence-corrected chi connectivity index (χ0v) is 16.1. The molecule has 0 radical (unpaired) electrons. The van der Waals surface area contributed by atoms with Gasteiger partial charge in [0.2, 0.25) is 10.0 Å². The lowest BCUT2D eigenvalue weighted by Crippen LogP contribution is -2.52. The zero-order chi connectivity index (χ0) is 16.6. The Labute approximate surface area is 141 Å². The number of rotatable bonds is 5. The van der Waals surface area contributed by atoms with E-state index in [1.807, 2.05) is 6.92 Å². The van der Waals surface area contributed by atoms with Gasteiger partial charge in [-0.05, 0) is 54.4 Å². The van der Waals surface area contributed by atoms with Gasteiger partial charge in [0.15, 0.2) is 0 Å². The number of aliphatic carboxylic acids is 1. The summed E-state index contributed by atoms with van der Waals surface area (Å²) in [5, 5.41) is 9.29. The lowest BCUT2D eigenvalue weighted by Gasteiger charge is -2.33. The first-order valence-electron chi connectivity index (χ1n) is 6.18. The molecule has 0 atom stereocenters. The van der Waals surface area contributed by atoms with E-state index in [-0.39, 0.29) is 11.4 Å². The van der Waals surface area contributed by atoms with Crippen LogP contribution in [0.15, 0.2) is 26.0 Å². The molecule has 0 aliphatic heterocycles. The number of likely N-dealkylation sites (N-methyl/N-ethyl adjacent to an activating group) is 1. The first-order valence-corrected chi connectivity index (χ1v) is 9.20. The Morgan fingerprint density at radius 3 is 2.24 bits per heavy atom. The molecule has 0 aromatic heterocycles. The number of hydrogen-bond donors (Lipinski definition) is 1. The van der Waals surface area contributed by atoms with Crippen molar-refractivity contribution >= 4 is 47.9 Å². The van der Waals surface area contributed by atoms with Gasteiger partial charge < -0.3 is 5.11 Å². The van der Waals surface area contributed by atoms with Gasteiger partial charge in [0.1, 0.15) is 5.54 Å². The number of sulfonamides is 1. The molecule has 0 aliphatic carbocycles. The molecule has 0 spiro atoms. The molecule has 0 amide bonds. The first-order chi connectivity index (χ1) is 9.46. The highest BCUT2D eigenvalue weighted by molar-refractivity contribution is 9.11. The molecule has 1 rings (SSSR count). The second-order valence-electron chi connectivity index (χ2n) is 5.07. The number of carboxylic acids is 1. The van der Waals surface area contributed by atoms with E-state index in [1.54, 1.807) is 13.0 Å². The lowest BCUT2D eigenvalue weighted by molar-refractivity contribution is -0.146. The molecule has 1 N–H and O–H groups in total. The van der Waals surface area contributed by atoms with E-state index in [9.17, 15) is 18.3 Å². The fourth-order valence-electron chi connectivity index (χ4n) is 1.92. The van der Waals surface area contributed by atoms with Crippen molar-refractivity contribution in [1.82, 2.24) is 4.31 Å². The smallest absolute Gasteiger partial charge is 0.324 e. The highest BCUT2D eigenvalue weighted by atomic mass is 79.9. The molecule has 21 heavy (non-hydrogen) atoms. The number of aryl methyl sites for hydroxylation is 1. The Hall–Kier alpha value is -0.440. The summed E-state index contributed by atoms with van der Waals surface area (Å²) < 4.78 is 27.6. The molecule has 118 valence electrons. The van der Waals surface area contributed by atoms with Gasteiger partial charge in [-0.15, -0.1) is 0 Å². The normalized spacial score (nSPS) is 12.7. The number of benzene rings is 1. The zero-order valence-electron chi connectivity index (χ0n) is 12.1. The van der Waals surface area contributed by atoms with Crippen LogP contribution in [-0.2, 0) is 14.8 Å². The molecular weight excluding hydrogens is 426 g/mol. The quantitative estimate of drug-likeness (QED) is 0.758. The fraction of sp³-hybridized carbons (Fsp3) is 0.462. The minimum absolute atomic E-state index is 0.0381. The second-order valence-corrected chi connectivity index (χ2v) is 8.61. The van der Waals surface area contributed by atoms with E-state index >= 15 is 0 Å². The van der Waals surface area contributed by atoms with Crippen molar-refractivity contribution in [1.29, 1.82) is 0 Å². The molecule has 0 heterocycles. The van der Waals surface area contributed by atoms with Crippen molar-refractivity contribution < 1.29 is 18.3 Å². The Bertz CT molecular complexity index is 671. The van der Waals surface area contributed by atoms with Crippen molar-refractivity contribution in [3.63, 3.8) is 0 Å². The SMILES string of the molecule is CCN(C(C)(C)C(=O)O)S(=O)(=O)c1cc(Br)c(C)cc1Br. The van der Waals surface area contributed by atoms with E-state index in [1.165, 1.54) is 19.9 Å². The van der Waals surface area contributed by atoms with Crippen LogP contribution in [0.25, 0.3) is 0 Å². The van der Waals surface area contributed by atoms with Gasteiger partial charge >= 0.3 is 5.97 Å². The summed E-state index contributed by atoms with van der Waals surface area (Å²) in [7, 11) is -3.95. The van der Waals surface area contributed by atoms with Gasteiger partial charge in [0.05, 0.1) is 4.90 Å². The Morgan fingerprint density at radius 1 is 1.29 bits per heavy atom. The van der Waals surface area contributed by atoms with E-state index < -0.39 is 21.5 Å². The minimum atomic E-state index is -3.95. The van der Waals surface area contributed by atoms with Gasteiger partial charge in [0.25, 0.3) is 0 Å². The van der Waals surface area contributed by atoms with Crippen LogP contribution in [0.4, 0.5) is 0 Å². The van der Waals surface area contributed by atoms with Crippen LogP contribution in [0.1, 0.15) is 26.3 Å². The summed E-state index contributed by atoms with van der Waals surface area (Å²) in [5.41, 5.74) is -0.661. The Morgan fingerprint density at radius 2 is 1.81 bits per heavy atom. The van der Waals surface area contributed by atoms with Crippen LogP contribution in [0.5, 0.6) is 0 Å². The number of carbonyl (C=O) groups is 1. The Kier molecular flexibility index (Phi) is 5.63. The molecule has 0 fully saturated rings. The number of halogens is 2. The molecular formula is C13H17Br2NO4S. The number of hydrogen-bond acceptors (Lipinski definition) is 3. The lowest BCUT2D eigenvalue weighted by atomic mass is 10.1. The standard InChI is InChI=1S/C13H17Br2NO4S/c1-5-16(13(3,4)12(17)18)21(19,20)11-7-9(14)8(2)6-10(11)15/h6-7H,5H2,1-4H3,(H,17,18). The molecule has 8 heteroatoms. The first kappa shape index (κ1) is 18.6. The molecule has 1 aromatic rings. The number of carboxylic acid groups (broad SMARTS) is 1. The van der Waals surface area contributed by atoms with Gasteiger partial charge in [-0.3, -0.25) is 4.79 Å². The third kappa shape index (κ3) is 3.49. The van der Waals surface area contributed by atoms with Gasteiger partial charge in [-0.1, -0.05) is 22.9 Å². The molecule has 0 saturated heterocycles. The van der Waals surface area contributed by atoms with Gasteiger partial charge in [-0.25, -0.2) is 8.42 Å². The highest BCUT2D eigenvalue weighted by Gasteiger charge is 2.42. The van der Waals surface area contributed by atoms with E-state index in [4.69, 9.17) is 0 Å². The maximum atomic E-state index is 12.8. The van der Waals surface area contributed by atoms with Crippen LogP contribution in [0.3, 0.4) is 0 Å². The monoisotopic (exact) mass is 441 g/mol. The summed E-state index contributed by atoms with van der Waals surface area (Å²) >= 11 is 6.55. The third-order valence-electron chi connectivity index (χ3n) is 3.22. The minimum Gasteiger partial charge on any atom is -0.480 e. The topological polar surface area (TPSA) is 74.7 Å². The largest absolute Gasteiger partial charge is 0.480 e. The molecule has 0 saturated carbocycles. The molecule has 0 unspecified atom stereocenters. The van der Waals surface area contributed by atoms with E-state index in [0.29, 0.717) is 8.95 Å². The molecule has 5 nitrogen and oxygen atoms in total. The highest BCUT2D eigenvalue weighted by Crippen LogP contribution is 2.33. The Balaban J connectivity index is 3.53. The van der Waals surface area contributed by atoms with Gasteiger partial charge in [0, 0.05) is 15.5 Å². The average molecular weight is 443 g/mol. The fourth-order valence-corrected chi connectivity index (χ4v) is 5.31. The van der Waals surface area contributed by atoms with Crippen LogP contribution < -0.4 is 0 Å². The third-order valence-corrected chi connectivity index (χ3v) is 7.18. The maximum Gasteiger partial charge on any atom is 0.324 e. The summed E-state index contributed by atoms with van der Waals surface area (Å²) in [6.07, 6.45) is 0. The number of nitrogens with zero attached hydrogens (tertiary/aromatic N) is 1. The maximum absolute atomic E-state index is 12.8. The van der Waals surface area contributed by atoms with Crippen molar-refractivity contribution in [2.75, 3.05) is 6.54 Å². The van der Waals surface area contributed by atoms with E-state index in [2.05, 4.69) is 31.9 Å². The summed E-state index contributed by atoms with van der Waals surface area (Å²) in [4.78, 5) is 11.4. The molecule has 1 aromatic carbocycles. The van der Waals surface area contributed by atoms with Crippen molar-refractivity contribution in [3.8, 4) is 0 Å². The summed E-state index contributed by atoms with van der Waals surface area (Å²) in [6, 6.07) is 3.16. The van der Waals surface area contributed by atoms with Crippen molar-refractivity contribution in [3.05, 3.63) is 26.6 Å². The second kappa shape index (κ2) is 6.36. The summed E-state index contributed by atoms with van der Waals surface area (Å²) in [5.74, 6) is -1.20. The van der Waals surface area contributed by atoms with Gasteiger partial charge in [-0.2, -0.15) is 4.31 Å². The van der Waals surface area contributed by atoms with E-state index in [0.717, 1.165) is 9.87 Å².